The van der Waals surface area contributed by atoms with Gasteiger partial charge >= 0.3 is 0 Å². The van der Waals surface area contributed by atoms with Crippen molar-refractivity contribution in [1.82, 2.24) is 10.0 Å². The second-order valence-corrected chi connectivity index (χ2v) is 8.35. The van der Waals surface area contributed by atoms with Crippen LogP contribution in [0.25, 0.3) is 0 Å². The van der Waals surface area contributed by atoms with Crippen molar-refractivity contribution < 1.29 is 13.2 Å². The second-order valence-electron chi connectivity index (χ2n) is 4.18. The van der Waals surface area contributed by atoms with Crippen molar-refractivity contribution in [2.24, 2.45) is 0 Å². The first-order chi connectivity index (χ1) is 9.92. The molecule has 1 heterocycles. The number of thiophene rings is 1. The molecule has 0 radical (unpaired) electrons. The molecule has 0 aliphatic rings. The Kier molecular flexibility index (Phi) is 5.15. The molecule has 0 bridgehead atoms. The van der Waals surface area contributed by atoms with E-state index in [0.717, 1.165) is 3.79 Å². The lowest BCUT2D eigenvalue weighted by Crippen LogP contribution is -2.23. The highest BCUT2D eigenvalue weighted by atomic mass is 79.9. The molecule has 0 saturated carbocycles. The molecular formula is C13H13BrN2O3S2. The normalized spacial score (nSPS) is 11.3. The van der Waals surface area contributed by atoms with E-state index in [2.05, 4.69) is 26.0 Å². The lowest BCUT2D eigenvalue weighted by molar-refractivity contribution is 0.0951. The standard InChI is InChI=1S/C13H13BrN2O3S2/c1-15-21(18,19)11-4-2-3-9(5-11)7-16-13(17)10-6-12(14)20-8-10/h2-6,8,15H,7H2,1H3,(H,16,17). The highest BCUT2D eigenvalue weighted by Gasteiger charge is 2.12. The largest absolute Gasteiger partial charge is 0.348 e. The highest BCUT2D eigenvalue weighted by Crippen LogP contribution is 2.20. The van der Waals surface area contributed by atoms with Crippen LogP contribution in [-0.4, -0.2) is 21.4 Å². The van der Waals surface area contributed by atoms with Gasteiger partial charge in [-0.15, -0.1) is 11.3 Å². The molecule has 0 atom stereocenters. The summed E-state index contributed by atoms with van der Waals surface area (Å²) in [6, 6.07) is 8.19. The van der Waals surface area contributed by atoms with Gasteiger partial charge in [0.25, 0.3) is 5.91 Å². The molecular weight excluding hydrogens is 376 g/mol. The molecule has 2 rings (SSSR count). The summed E-state index contributed by atoms with van der Waals surface area (Å²) in [4.78, 5) is 12.1. The Bertz CT molecular complexity index is 756. The predicted molar refractivity (Wildman–Crippen MR) is 85.9 cm³/mol. The van der Waals surface area contributed by atoms with Crippen LogP contribution in [0.15, 0.2) is 44.4 Å². The van der Waals surface area contributed by atoms with Crippen LogP contribution in [0.1, 0.15) is 15.9 Å². The smallest absolute Gasteiger partial charge is 0.252 e. The summed E-state index contributed by atoms with van der Waals surface area (Å²) in [5.74, 6) is -0.196. The Morgan fingerprint density at radius 3 is 2.71 bits per heavy atom. The molecule has 0 aliphatic heterocycles. The van der Waals surface area contributed by atoms with E-state index in [1.165, 1.54) is 30.5 Å². The van der Waals surface area contributed by atoms with E-state index in [-0.39, 0.29) is 17.3 Å². The van der Waals surface area contributed by atoms with E-state index in [1.807, 2.05) is 0 Å². The van der Waals surface area contributed by atoms with Gasteiger partial charge in [0.15, 0.2) is 0 Å². The molecule has 0 unspecified atom stereocenters. The van der Waals surface area contributed by atoms with Crippen molar-refractivity contribution >= 4 is 43.2 Å². The van der Waals surface area contributed by atoms with E-state index in [0.29, 0.717) is 11.1 Å². The third kappa shape index (κ3) is 4.13. The fraction of sp³-hybridized carbons (Fsp3) is 0.154. The van der Waals surface area contributed by atoms with Gasteiger partial charge in [0.1, 0.15) is 0 Å². The van der Waals surface area contributed by atoms with Crippen molar-refractivity contribution in [1.29, 1.82) is 0 Å². The number of benzene rings is 1. The minimum Gasteiger partial charge on any atom is -0.348 e. The maximum atomic E-state index is 11.9. The number of nitrogens with one attached hydrogen (secondary N) is 2. The SMILES string of the molecule is CNS(=O)(=O)c1cccc(CNC(=O)c2csc(Br)c2)c1. The van der Waals surface area contributed by atoms with Gasteiger partial charge in [0, 0.05) is 11.9 Å². The van der Waals surface area contributed by atoms with Crippen LogP contribution >= 0.6 is 27.3 Å². The van der Waals surface area contributed by atoms with Crippen molar-refractivity contribution in [2.75, 3.05) is 7.05 Å². The quantitative estimate of drug-likeness (QED) is 0.825. The summed E-state index contributed by atoms with van der Waals surface area (Å²) in [5, 5.41) is 4.51. The van der Waals surface area contributed by atoms with Crippen LogP contribution in [0.4, 0.5) is 0 Å². The molecule has 112 valence electrons. The predicted octanol–water partition coefficient (Wildman–Crippen LogP) is 2.35. The van der Waals surface area contributed by atoms with Crippen LogP contribution in [0.3, 0.4) is 0 Å². The van der Waals surface area contributed by atoms with Gasteiger partial charge in [-0.2, -0.15) is 0 Å². The van der Waals surface area contributed by atoms with Crippen LogP contribution in [0.5, 0.6) is 0 Å². The van der Waals surface area contributed by atoms with Gasteiger partial charge < -0.3 is 5.32 Å². The van der Waals surface area contributed by atoms with Crippen LogP contribution in [0.2, 0.25) is 0 Å². The number of halogens is 1. The molecule has 8 heteroatoms. The van der Waals surface area contributed by atoms with Gasteiger partial charge in [-0.05, 0) is 46.7 Å². The van der Waals surface area contributed by atoms with Gasteiger partial charge in [-0.3, -0.25) is 4.79 Å². The first-order valence-electron chi connectivity index (χ1n) is 5.97. The number of hydrogen-bond donors (Lipinski definition) is 2. The summed E-state index contributed by atoms with van der Waals surface area (Å²) in [6.45, 7) is 0.263. The zero-order chi connectivity index (χ0) is 15.5. The number of amides is 1. The molecule has 1 aromatic heterocycles. The van der Waals surface area contributed by atoms with Crippen molar-refractivity contribution in [2.45, 2.75) is 11.4 Å². The Hall–Kier alpha value is -1.22. The molecule has 0 aliphatic carbocycles. The number of carbonyl (C=O) groups excluding carboxylic acids is 1. The number of carbonyl (C=O) groups is 1. The average Bonchev–Trinajstić information content (AvgIpc) is 2.92. The first kappa shape index (κ1) is 16.2. The van der Waals surface area contributed by atoms with Crippen LogP contribution in [-0.2, 0) is 16.6 Å². The van der Waals surface area contributed by atoms with Gasteiger partial charge in [-0.1, -0.05) is 12.1 Å². The van der Waals surface area contributed by atoms with Crippen molar-refractivity contribution in [3.05, 3.63) is 50.6 Å². The summed E-state index contributed by atoms with van der Waals surface area (Å²) in [5.41, 5.74) is 1.29. The molecule has 0 saturated heterocycles. The zero-order valence-corrected chi connectivity index (χ0v) is 14.3. The third-order valence-corrected chi connectivity index (χ3v) is 5.68. The number of sulfonamides is 1. The molecule has 21 heavy (non-hydrogen) atoms. The molecule has 1 aromatic carbocycles. The van der Waals surface area contributed by atoms with Gasteiger partial charge in [0.2, 0.25) is 10.0 Å². The Morgan fingerprint density at radius 2 is 2.10 bits per heavy atom. The molecule has 0 fully saturated rings. The summed E-state index contributed by atoms with van der Waals surface area (Å²) in [6.07, 6.45) is 0. The lowest BCUT2D eigenvalue weighted by atomic mass is 10.2. The van der Waals surface area contributed by atoms with E-state index >= 15 is 0 Å². The lowest BCUT2D eigenvalue weighted by Gasteiger charge is -2.07. The van der Waals surface area contributed by atoms with E-state index < -0.39 is 10.0 Å². The van der Waals surface area contributed by atoms with Crippen molar-refractivity contribution in [3.63, 3.8) is 0 Å². The fourth-order valence-electron chi connectivity index (χ4n) is 1.65. The summed E-state index contributed by atoms with van der Waals surface area (Å²) >= 11 is 4.73. The number of hydrogen-bond acceptors (Lipinski definition) is 4. The second kappa shape index (κ2) is 6.69. The monoisotopic (exact) mass is 388 g/mol. The highest BCUT2D eigenvalue weighted by molar-refractivity contribution is 9.11. The topological polar surface area (TPSA) is 75.3 Å². The fourth-order valence-corrected chi connectivity index (χ4v) is 3.59. The maximum Gasteiger partial charge on any atom is 0.252 e. The summed E-state index contributed by atoms with van der Waals surface area (Å²) < 4.78 is 26.6. The third-order valence-electron chi connectivity index (χ3n) is 2.76. The molecule has 2 aromatic rings. The zero-order valence-electron chi connectivity index (χ0n) is 11.1. The maximum absolute atomic E-state index is 11.9. The van der Waals surface area contributed by atoms with E-state index in [9.17, 15) is 13.2 Å². The number of rotatable bonds is 5. The van der Waals surface area contributed by atoms with Crippen LogP contribution < -0.4 is 10.0 Å². The van der Waals surface area contributed by atoms with Crippen molar-refractivity contribution in [3.8, 4) is 0 Å². The van der Waals surface area contributed by atoms with Gasteiger partial charge in [-0.25, -0.2) is 13.1 Å². The Morgan fingerprint density at radius 1 is 1.33 bits per heavy atom. The minimum atomic E-state index is -3.48. The van der Waals surface area contributed by atoms with E-state index in [1.54, 1.807) is 23.6 Å². The average molecular weight is 389 g/mol. The first-order valence-corrected chi connectivity index (χ1v) is 9.12. The Labute approximate surface area is 135 Å². The van der Waals surface area contributed by atoms with Gasteiger partial charge in [0.05, 0.1) is 14.2 Å². The molecule has 2 N–H and O–H groups in total. The molecule has 5 nitrogen and oxygen atoms in total. The Balaban J connectivity index is 2.07. The summed E-state index contributed by atoms with van der Waals surface area (Å²) in [7, 11) is -2.12. The minimum absolute atomic E-state index is 0.176. The van der Waals surface area contributed by atoms with E-state index in [4.69, 9.17) is 0 Å². The molecule has 0 spiro atoms. The van der Waals surface area contributed by atoms with Crippen LogP contribution in [0, 0.1) is 0 Å². The molecule has 1 amide bonds.